The van der Waals surface area contributed by atoms with Crippen LogP contribution in [0, 0.1) is 0 Å². The molecule has 0 spiro atoms. The fraction of sp³-hybridized carbons (Fsp3) is 0.375. The topological polar surface area (TPSA) is 102 Å². The van der Waals surface area contributed by atoms with Crippen LogP contribution < -0.4 is 22.1 Å². The van der Waals surface area contributed by atoms with E-state index in [0.717, 1.165) is 24.5 Å². The van der Waals surface area contributed by atoms with Crippen LogP contribution in [-0.2, 0) is 0 Å². The summed E-state index contributed by atoms with van der Waals surface area (Å²) in [5, 5.41) is 6.57. The Labute approximate surface area is 130 Å². The quantitative estimate of drug-likeness (QED) is 0.462. The van der Waals surface area contributed by atoms with E-state index in [0.29, 0.717) is 24.1 Å². The van der Waals surface area contributed by atoms with Crippen LogP contribution in [0.25, 0.3) is 0 Å². The third-order valence-electron chi connectivity index (χ3n) is 3.65. The third-order valence-corrected chi connectivity index (χ3v) is 3.65. The molecule has 1 aromatic heterocycles. The van der Waals surface area contributed by atoms with Crippen molar-refractivity contribution in [3.8, 4) is 0 Å². The van der Waals surface area contributed by atoms with Gasteiger partial charge in [0.15, 0.2) is 0 Å². The Balaban J connectivity index is 1.78. The maximum atomic E-state index is 5.79. The number of aromatic nitrogens is 2. The van der Waals surface area contributed by atoms with Gasteiger partial charge in [-0.3, -0.25) is 0 Å². The smallest absolute Gasteiger partial charge is 0.229 e. The van der Waals surface area contributed by atoms with Gasteiger partial charge < -0.3 is 22.1 Å². The minimum atomic E-state index is 0.574. The zero-order chi connectivity index (χ0) is 15.4. The molecular weight excluding hydrogens is 276 g/mol. The van der Waals surface area contributed by atoms with Gasteiger partial charge in [0.2, 0.25) is 5.95 Å². The molecule has 0 atom stereocenters. The predicted octanol–water partition coefficient (Wildman–Crippen LogP) is 2.44. The van der Waals surface area contributed by atoms with Crippen molar-refractivity contribution in [1.29, 1.82) is 0 Å². The van der Waals surface area contributed by atoms with Gasteiger partial charge in [0.05, 0.1) is 0 Å². The number of hydrogen-bond donors (Lipinski definition) is 4. The summed E-state index contributed by atoms with van der Waals surface area (Å²) in [5.74, 6) is 2.09. The molecule has 2 aromatic rings. The van der Waals surface area contributed by atoms with Gasteiger partial charge in [-0.15, -0.1) is 0 Å². The maximum absolute atomic E-state index is 5.79. The molecule has 1 aromatic carbocycles. The van der Waals surface area contributed by atoms with Crippen molar-refractivity contribution in [2.45, 2.75) is 25.2 Å². The molecule has 116 valence electrons. The average molecular weight is 298 g/mol. The van der Waals surface area contributed by atoms with Crippen LogP contribution in [0.4, 0.5) is 23.1 Å². The summed E-state index contributed by atoms with van der Waals surface area (Å²) in [6.07, 6.45) is 5.28. The summed E-state index contributed by atoms with van der Waals surface area (Å²) in [6.45, 7) is 1.50. The Morgan fingerprint density at radius 2 is 2.14 bits per heavy atom. The first kappa shape index (κ1) is 14.6. The predicted molar refractivity (Wildman–Crippen MR) is 90.3 cm³/mol. The Bertz CT molecular complexity index is 638. The Morgan fingerprint density at radius 3 is 2.86 bits per heavy atom. The second-order valence-electron chi connectivity index (χ2n) is 5.59. The van der Waals surface area contributed by atoms with Crippen molar-refractivity contribution in [1.82, 2.24) is 9.97 Å². The molecule has 22 heavy (non-hydrogen) atoms. The zero-order valence-electron chi connectivity index (χ0n) is 12.5. The van der Waals surface area contributed by atoms with Crippen LogP contribution >= 0.6 is 0 Å². The number of rotatable bonds is 7. The number of hydrogen-bond acceptors (Lipinski definition) is 6. The first-order valence-corrected chi connectivity index (χ1v) is 7.69. The molecule has 0 radical (unpaired) electrons. The summed E-state index contributed by atoms with van der Waals surface area (Å²) < 4.78 is 0. The molecule has 1 saturated carbocycles. The highest BCUT2D eigenvalue weighted by atomic mass is 15.1. The monoisotopic (exact) mass is 298 g/mol. The number of nitrogen functional groups attached to an aromatic ring is 1. The normalized spacial score (nSPS) is 13.9. The van der Waals surface area contributed by atoms with Crippen molar-refractivity contribution in [2.75, 3.05) is 29.5 Å². The molecule has 1 fully saturated rings. The minimum absolute atomic E-state index is 0.574. The second kappa shape index (κ2) is 6.62. The Hall–Kier alpha value is -2.34. The largest absolute Gasteiger partial charge is 0.399 e. The number of benzene rings is 1. The van der Waals surface area contributed by atoms with Crippen LogP contribution in [-0.4, -0.2) is 23.1 Å². The van der Waals surface area contributed by atoms with Crippen LogP contribution in [0.2, 0.25) is 0 Å². The highest BCUT2D eigenvalue weighted by Gasteiger charge is 2.27. The van der Waals surface area contributed by atoms with Gasteiger partial charge in [0.25, 0.3) is 0 Å². The highest BCUT2D eigenvalue weighted by Crippen LogP contribution is 2.42. The molecule has 0 saturated heterocycles. The molecule has 0 aliphatic heterocycles. The summed E-state index contributed by atoms with van der Waals surface area (Å²) in [6, 6.07) is 7.55. The van der Waals surface area contributed by atoms with E-state index in [1.54, 1.807) is 0 Å². The van der Waals surface area contributed by atoms with E-state index in [-0.39, 0.29) is 0 Å². The molecular formula is C16H22N6. The molecule has 6 heteroatoms. The van der Waals surface area contributed by atoms with Crippen LogP contribution in [0.15, 0.2) is 30.5 Å². The van der Waals surface area contributed by atoms with Gasteiger partial charge >= 0.3 is 0 Å². The van der Waals surface area contributed by atoms with E-state index in [2.05, 4.69) is 20.6 Å². The molecule has 0 amide bonds. The van der Waals surface area contributed by atoms with E-state index in [1.165, 1.54) is 18.4 Å². The first-order chi connectivity index (χ1) is 10.8. The fourth-order valence-corrected chi connectivity index (χ4v) is 2.34. The van der Waals surface area contributed by atoms with Crippen molar-refractivity contribution < 1.29 is 0 Å². The maximum Gasteiger partial charge on any atom is 0.229 e. The Morgan fingerprint density at radius 1 is 1.27 bits per heavy atom. The summed E-state index contributed by atoms with van der Waals surface area (Å²) in [5.41, 5.74) is 14.1. The van der Waals surface area contributed by atoms with Crippen molar-refractivity contribution in [3.63, 3.8) is 0 Å². The number of nitrogens with one attached hydrogen (secondary N) is 2. The molecule has 6 nitrogen and oxygen atoms in total. The van der Waals surface area contributed by atoms with Crippen molar-refractivity contribution in [2.24, 2.45) is 5.73 Å². The molecule has 3 rings (SSSR count). The van der Waals surface area contributed by atoms with Gasteiger partial charge in [0, 0.05) is 29.7 Å². The van der Waals surface area contributed by atoms with Crippen molar-refractivity contribution in [3.05, 3.63) is 36.0 Å². The van der Waals surface area contributed by atoms with E-state index in [9.17, 15) is 0 Å². The van der Waals surface area contributed by atoms with Crippen molar-refractivity contribution >= 4 is 23.1 Å². The van der Waals surface area contributed by atoms with Gasteiger partial charge in [-0.25, -0.2) is 4.98 Å². The molecule has 1 heterocycles. The summed E-state index contributed by atoms with van der Waals surface area (Å²) >= 11 is 0. The molecule has 0 bridgehead atoms. The van der Waals surface area contributed by atoms with E-state index in [4.69, 9.17) is 11.5 Å². The number of nitrogens with two attached hydrogens (primary N) is 2. The zero-order valence-corrected chi connectivity index (χ0v) is 12.5. The first-order valence-electron chi connectivity index (χ1n) is 7.69. The van der Waals surface area contributed by atoms with E-state index in [1.807, 2.05) is 30.5 Å². The number of anilines is 4. The van der Waals surface area contributed by atoms with Crippen LogP contribution in [0.3, 0.4) is 0 Å². The Kier molecular flexibility index (Phi) is 4.39. The van der Waals surface area contributed by atoms with Gasteiger partial charge in [-0.2, -0.15) is 4.98 Å². The van der Waals surface area contributed by atoms with E-state index < -0.39 is 0 Å². The van der Waals surface area contributed by atoms with Gasteiger partial charge in [-0.05, 0) is 49.9 Å². The standard InChI is InChI=1S/C16H22N6/c17-7-2-8-19-15-14(11-5-6-11)10-20-16(22-15)21-13-4-1-3-12(18)9-13/h1,3-4,9-11H,2,5-8,17-18H2,(H2,19,20,21,22). The summed E-state index contributed by atoms with van der Waals surface area (Å²) in [7, 11) is 0. The SMILES string of the molecule is NCCCNc1nc(Nc2cccc(N)c2)ncc1C1CC1. The molecule has 6 N–H and O–H groups in total. The average Bonchev–Trinajstić information content (AvgIpc) is 3.32. The third kappa shape index (κ3) is 3.65. The molecule has 0 unspecified atom stereocenters. The highest BCUT2D eigenvalue weighted by molar-refractivity contribution is 5.61. The van der Waals surface area contributed by atoms with Gasteiger partial charge in [0.1, 0.15) is 5.82 Å². The molecule has 1 aliphatic carbocycles. The second-order valence-corrected chi connectivity index (χ2v) is 5.59. The van der Waals surface area contributed by atoms with Crippen LogP contribution in [0.5, 0.6) is 0 Å². The lowest BCUT2D eigenvalue weighted by molar-refractivity contribution is 0.865. The molecule has 1 aliphatic rings. The van der Waals surface area contributed by atoms with E-state index >= 15 is 0 Å². The van der Waals surface area contributed by atoms with Gasteiger partial charge in [-0.1, -0.05) is 6.07 Å². The minimum Gasteiger partial charge on any atom is -0.399 e. The number of nitrogens with zero attached hydrogens (tertiary/aromatic N) is 2. The lowest BCUT2D eigenvalue weighted by atomic mass is 10.2. The summed E-state index contributed by atoms with van der Waals surface area (Å²) in [4.78, 5) is 9.04. The fourth-order valence-electron chi connectivity index (χ4n) is 2.34. The lowest BCUT2D eigenvalue weighted by Crippen LogP contribution is -2.12. The van der Waals surface area contributed by atoms with Crippen LogP contribution in [0.1, 0.15) is 30.7 Å². The lowest BCUT2D eigenvalue weighted by Gasteiger charge is -2.12.